The van der Waals surface area contributed by atoms with Gasteiger partial charge >= 0.3 is 0 Å². The number of furan rings is 1. The second-order valence-corrected chi connectivity index (χ2v) is 11.8. The molecule has 3 nitrogen and oxygen atoms in total. The molecule has 1 aromatic heterocycles. The lowest BCUT2D eigenvalue weighted by Crippen LogP contribution is -2.10. The lowest BCUT2D eigenvalue weighted by Gasteiger charge is -2.26. The number of rotatable bonds is 6. The third-order valence-corrected chi connectivity index (χ3v) is 8.99. The molecule has 0 fully saturated rings. The number of hydrogen-bond donors (Lipinski definition) is 0. The van der Waals surface area contributed by atoms with Crippen LogP contribution in [0.15, 0.2) is 186 Å². The minimum Gasteiger partial charge on any atom is -0.454 e. The van der Waals surface area contributed by atoms with Crippen LogP contribution in [0, 0.1) is 0 Å². The summed E-state index contributed by atoms with van der Waals surface area (Å²) in [6.07, 6.45) is 0. The van der Waals surface area contributed by atoms with Crippen LogP contribution >= 0.6 is 0 Å². The van der Waals surface area contributed by atoms with Gasteiger partial charge in [0.25, 0.3) is 0 Å². The summed E-state index contributed by atoms with van der Waals surface area (Å²) in [5.41, 5.74) is 8.07. The van der Waals surface area contributed by atoms with E-state index in [0.29, 0.717) is 0 Å². The van der Waals surface area contributed by atoms with Crippen molar-refractivity contribution < 1.29 is 4.42 Å². The summed E-state index contributed by atoms with van der Waals surface area (Å²) < 4.78 is 6.85. The van der Waals surface area contributed by atoms with E-state index < -0.39 is 0 Å². The lowest BCUT2D eigenvalue weighted by molar-refractivity contribution is 0.669. The Hall–Kier alpha value is -6.32. The fourth-order valence-corrected chi connectivity index (χ4v) is 6.83. The first-order chi connectivity index (χ1) is 23.3. The molecule has 9 aromatic rings. The van der Waals surface area contributed by atoms with E-state index in [4.69, 9.17) is 4.42 Å². The Morgan fingerprint density at radius 1 is 0.319 bits per heavy atom. The highest BCUT2D eigenvalue weighted by atomic mass is 16.3. The SMILES string of the molecule is c1ccc(N(c2ccccc2)c2ccc3c(c2)oc2c(N(c4ccccc4)c4ccc5c(ccc6ccccc65)c4)cccc23)cc1. The number of nitrogens with zero attached hydrogens (tertiary/aromatic N) is 2. The van der Waals surface area contributed by atoms with Crippen molar-refractivity contribution in [2.24, 2.45) is 0 Å². The Bertz CT molecular complexity index is 2480. The Labute approximate surface area is 273 Å². The van der Waals surface area contributed by atoms with E-state index in [1.165, 1.54) is 21.5 Å². The van der Waals surface area contributed by atoms with Gasteiger partial charge in [0.15, 0.2) is 5.58 Å². The van der Waals surface area contributed by atoms with E-state index in [1.54, 1.807) is 0 Å². The molecule has 0 unspecified atom stereocenters. The van der Waals surface area contributed by atoms with Crippen LogP contribution in [-0.2, 0) is 0 Å². The van der Waals surface area contributed by atoms with E-state index >= 15 is 0 Å². The Morgan fingerprint density at radius 3 is 1.55 bits per heavy atom. The zero-order chi connectivity index (χ0) is 31.2. The number of para-hydroxylation sites is 4. The predicted molar refractivity (Wildman–Crippen MR) is 198 cm³/mol. The number of hydrogen-bond acceptors (Lipinski definition) is 3. The van der Waals surface area contributed by atoms with Gasteiger partial charge in [-0.1, -0.05) is 109 Å². The molecule has 9 rings (SSSR count). The molecule has 0 amide bonds. The highest BCUT2D eigenvalue weighted by Gasteiger charge is 2.21. The summed E-state index contributed by atoms with van der Waals surface area (Å²) in [6.45, 7) is 0. The molecular weight excluding hydrogens is 572 g/mol. The predicted octanol–water partition coefficient (Wildman–Crippen LogP) is 12.8. The quantitative estimate of drug-likeness (QED) is 0.177. The van der Waals surface area contributed by atoms with Crippen LogP contribution in [0.3, 0.4) is 0 Å². The topological polar surface area (TPSA) is 19.6 Å². The highest BCUT2D eigenvalue weighted by molar-refractivity contribution is 6.12. The maximum Gasteiger partial charge on any atom is 0.159 e. The van der Waals surface area contributed by atoms with Crippen LogP contribution in [0.5, 0.6) is 0 Å². The summed E-state index contributed by atoms with van der Waals surface area (Å²) in [6, 6.07) is 64.2. The molecule has 0 bridgehead atoms. The first-order valence-corrected chi connectivity index (χ1v) is 15.9. The van der Waals surface area contributed by atoms with Crippen molar-refractivity contribution in [3.05, 3.63) is 182 Å². The molecule has 0 atom stereocenters. The Balaban J connectivity index is 1.22. The van der Waals surface area contributed by atoms with Gasteiger partial charge in [-0.2, -0.15) is 0 Å². The Kier molecular flexibility index (Phi) is 6.46. The molecule has 47 heavy (non-hydrogen) atoms. The van der Waals surface area contributed by atoms with Crippen LogP contribution in [0.4, 0.5) is 34.1 Å². The molecule has 0 saturated carbocycles. The van der Waals surface area contributed by atoms with Crippen molar-refractivity contribution in [3.8, 4) is 0 Å². The number of benzene rings is 8. The van der Waals surface area contributed by atoms with E-state index in [2.05, 4.69) is 180 Å². The zero-order valence-corrected chi connectivity index (χ0v) is 25.6. The molecule has 0 radical (unpaired) electrons. The van der Waals surface area contributed by atoms with Gasteiger partial charge in [-0.15, -0.1) is 0 Å². The normalized spacial score (nSPS) is 11.4. The fourth-order valence-electron chi connectivity index (χ4n) is 6.83. The van der Waals surface area contributed by atoms with Crippen LogP contribution < -0.4 is 9.80 Å². The molecular formula is C44H30N2O. The molecule has 0 aliphatic rings. The third kappa shape index (κ3) is 4.68. The van der Waals surface area contributed by atoms with Gasteiger partial charge in [-0.05, 0) is 88.3 Å². The highest BCUT2D eigenvalue weighted by Crippen LogP contribution is 2.44. The first-order valence-electron chi connectivity index (χ1n) is 15.9. The molecule has 3 heteroatoms. The minimum atomic E-state index is 0.847. The van der Waals surface area contributed by atoms with Gasteiger partial charge in [0.05, 0.1) is 5.69 Å². The third-order valence-electron chi connectivity index (χ3n) is 8.99. The molecule has 0 aliphatic heterocycles. The largest absolute Gasteiger partial charge is 0.454 e. The second-order valence-electron chi connectivity index (χ2n) is 11.8. The summed E-state index contributed by atoms with van der Waals surface area (Å²) >= 11 is 0. The van der Waals surface area contributed by atoms with E-state index in [9.17, 15) is 0 Å². The van der Waals surface area contributed by atoms with Crippen LogP contribution in [0.2, 0.25) is 0 Å². The zero-order valence-electron chi connectivity index (χ0n) is 25.6. The maximum atomic E-state index is 6.85. The molecule has 0 spiro atoms. The molecule has 222 valence electrons. The molecule has 0 aliphatic carbocycles. The van der Waals surface area contributed by atoms with Gasteiger partial charge < -0.3 is 14.2 Å². The van der Waals surface area contributed by atoms with Gasteiger partial charge in [0.2, 0.25) is 0 Å². The van der Waals surface area contributed by atoms with Crippen LogP contribution in [0.25, 0.3) is 43.5 Å². The van der Waals surface area contributed by atoms with Crippen LogP contribution in [-0.4, -0.2) is 0 Å². The van der Waals surface area contributed by atoms with Crippen molar-refractivity contribution in [3.63, 3.8) is 0 Å². The summed E-state index contributed by atoms with van der Waals surface area (Å²) in [4.78, 5) is 4.57. The number of anilines is 6. The first kappa shape index (κ1) is 27.0. The van der Waals surface area contributed by atoms with Gasteiger partial charge in [-0.25, -0.2) is 0 Å². The Morgan fingerprint density at radius 2 is 0.851 bits per heavy atom. The maximum absolute atomic E-state index is 6.85. The average molecular weight is 603 g/mol. The number of fused-ring (bicyclic) bond motifs is 6. The van der Waals surface area contributed by atoms with E-state index in [0.717, 1.165) is 56.1 Å². The molecule has 0 saturated heterocycles. The standard InChI is InChI=1S/C44H30N2O/c1-4-14-33(15-5-1)45(34-16-6-2-7-17-34)37-26-28-40-41-21-12-22-42(44(41)47-43(40)30-37)46(35-18-8-3-9-19-35)36-25-27-39-32(29-36)24-23-31-13-10-11-20-38(31)39/h1-30H. The summed E-state index contributed by atoms with van der Waals surface area (Å²) in [7, 11) is 0. The van der Waals surface area contributed by atoms with Gasteiger partial charge in [-0.3, -0.25) is 0 Å². The second kappa shape index (κ2) is 11.2. The van der Waals surface area contributed by atoms with Crippen molar-refractivity contribution >= 4 is 77.6 Å². The van der Waals surface area contributed by atoms with Crippen molar-refractivity contribution in [1.29, 1.82) is 0 Å². The molecule has 8 aromatic carbocycles. The summed E-state index contributed by atoms with van der Waals surface area (Å²) in [5.74, 6) is 0. The molecule has 1 heterocycles. The summed E-state index contributed by atoms with van der Waals surface area (Å²) in [5, 5.41) is 7.13. The van der Waals surface area contributed by atoms with Crippen LogP contribution in [0.1, 0.15) is 0 Å². The van der Waals surface area contributed by atoms with Crippen molar-refractivity contribution in [2.75, 3.05) is 9.80 Å². The van der Waals surface area contributed by atoms with E-state index in [-0.39, 0.29) is 0 Å². The smallest absolute Gasteiger partial charge is 0.159 e. The molecule has 0 N–H and O–H groups in total. The lowest BCUT2D eigenvalue weighted by atomic mass is 10.0. The van der Waals surface area contributed by atoms with Crippen molar-refractivity contribution in [1.82, 2.24) is 0 Å². The average Bonchev–Trinajstić information content (AvgIpc) is 3.52. The fraction of sp³-hybridized carbons (Fsp3) is 0. The van der Waals surface area contributed by atoms with Gasteiger partial charge in [0, 0.05) is 45.3 Å². The monoisotopic (exact) mass is 602 g/mol. The van der Waals surface area contributed by atoms with Gasteiger partial charge in [0.1, 0.15) is 5.58 Å². The minimum absolute atomic E-state index is 0.847. The van der Waals surface area contributed by atoms with E-state index in [1.807, 2.05) is 12.1 Å². The van der Waals surface area contributed by atoms with Crippen molar-refractivity contribution in [2.45, 2.75) is 0 Å².